The van der Waals surface area contributed by atoms with Crippen LogP contribution in [-0.2, 0) is 9.59 Å². The molecular weight excluding hydrogens is 372 g/mol. The second kappa shape index (κ2) is 9.84. The number of aromatic nitrogens is 2. The van der Waals surface area contributed by atoms with E-state index in [2.05, 4.69) is 14.7 Å². The Balaban J connectivity index is 2.29. The van der Waals surface area contributed by atoms with Crippen LogP contribution in [0.25, 0.3) is 16.1 Å². The van der Waals surface area contributed by atoms with Gasteiger partial charge in [0.1, 0.15) is 11.6 Å². The molecule has 2 aromatic rings. The lowest BCUT2D eigenvalue weighted by molar-refractivity contribution is -0.126. The molecule has 136 valence electrons. The molecule has 0 atom stereocenters. The molecule has 8 heteroatoms. The zero-order valence-corrected chi connectivity index (χ0v) is 16.0. The predicted octanol–water partition coefficient (Wildman–Crippen LogP) is 3.37. The van der Waals surface area contributed by atoms with Crippen molar-refractivity contribution >= 4 is 41.0 Å². The summed E-state index contributed by atoms with van der Waals surface area (Å²) in [4.78, 5) is 28.8. The number of rotatable bonds is 8. The van der Waals surface area contributed by atoms with Crippen molar-refractivity contribution in [3.63, 3.8) is 0 Å². The summed E-state index contributed by atoms with van der Waals surface area (Å²) in [5.41, 5.74) is 1.50. The van der Waals surface area contributed by atoms with Gasteiger partial charge >= 0.3 is 0 Å². The van der Waals surface area contributed by atoms with Gasteiger partial charge in [-0.3, -0.25) is 9.59 Å². The molecule has 6 nitrogen and oxygen atoms in total. The van der Waals surface area contributed by atoms with E-state index < -0.39 is 0 Å². The van der Waals surface area contributed by atoms with E-state index >= 15 is 0 Å². The van der Waals surface area contributed by atoms with Crippen LogP contribution in [-0.4, -0.2) is 39.7 Å². The average Bonchev–Trinajstić information content (AvgIpc) is 3.11. The van der Waals surface area contributed by atoms with E-state index in [0.29, 0.717) is 29.4 Å². The molecule has 1 aromatic heterocycles. The first-order valence-corrected chi connectivity index (χ1v) is 9.14. The topological polar surface area (TPSA) is 75.2 Å². The van der Waals surface area contributed by atoms with Crippen molar-refractivity contribution in [1.82, 2.24) is 19.6 Å². The maximum Gasteiger partial charge on any atom is 0.240 e. The number of hydrogen-bond donors (Lipinski definition) is 1. The van der Waals surface area contributed by atoms with E-state index in [4.69, 9.17) is 11.6 Å². The second-order valence-corrected chi connectivity index (χ2v) is 6.44. The maximum atomic E-state index is 11.7. The Morgan fingerprint density at radius 2 is 2.23 bits per heavy atom. The first kappa shape index (κ1) is 19.8. The van der Waals surface area contributed by atoms with Gasteiger partial charge in [0.2, 0.25) is 12.3 Å². The number of nitrogens with one attached hydrogen (secondary N) is 1. The standard InChI is InChI=1S/C18H19ClN4O2S/c1-3-6-14(10-23(12-24)11-16(25)20-4-2)17-21-18(26-22-17)13-7-5-8-15(19)9-13/h3,5-10,12H,4,11H2,1-2H3,(H,20,25)/b6-3-,14-10+. The predicted molar refractivity (Wildman–Crippen MR) is 105 cm³/mol. The number of allylic oxidation sites excluding steroid dienone is 3. The molecule has 0 aliphatic carbocycles. The lowest BCUT2D eigenvalue weighted by atomic mass is 10.2. The van der Waals surface area contributed by atoms with Crippen LogP contribution < -0.4 is 5.32 Å². The zero-order valence-electron chi connectivity index (χ0n) is 14.5. The number of nitrogens with zero attached hydrogens (tertiary/aromatic N) is 3. The largest absolute Gasteiger partial charge is 0.355 e. The SMILES string of the molecule is C/C=C\C(=C/N(C=O)CC(=O)NCC)c1nsc(-c2cccc(Cl)c2)n1. The highest BCUT2D eigenvalue weighted by Gasteiger charge is 2.12. The van der Waals surface area contributed by atoms with Crippen molar-refractivity contribution in [2.75, 3.05) is 13.1 Å². The van der Waals surface area contributed by atoms with Crippen LogP contribution >= 0.6 is 23.1 Å². The van der Waals surface area contributed by atoms with Crippen LogP contribution in [0.3, 0.4) is 0 Å². The van der Waals surface area contributed by atoms with Gasteiger partial charge in [-0.2, -0.15) is 4.37 Å². The number of hydrogen-bond acceptors (Lipinski definition) is 5. The van der Waals surface area contributed by atoms with Crippen LogP contribution in [0.5, 0.6) is 0 Å². The van der Waals surface area contributed by atoms with Crippen molar-refractivity contribution in [3.8, 4) is 10.6 Å². The summed E-state index contributed by atoms with van der Waals surface area (Å²) in [5.74, 6) is 0.243. The highest BCUT2D eigenvalue weighted by Crippen LogP contribution is 2.26. The number of amides is 2. The number of carbonyl (C=O) groups excluding carboxylic acids is 2. The van der Waals surface area contributed by atoms with Gasteiger partial charge in [-0.25, -0.2) is 4.98 Å². The quantitative estimate of drug-likeness (QED) is 0.554. The molecule has 2 amide bonds. The molecule has 0 radical (unpaired) electrons. The third-order valence-corrected chi connectivity index (χ3v) is 4.24. The summed E-state index contributed by atoms with van der Waals surface area (Å²) in [6, 6.07) is 7.36. The Morgan fingerprint density at radius 3 is 2.88 bits per heavy atom. The van der Waals surface area contributed by atoms with E-state index in [1.165, 1.54) is 16.4 Å². The Labute approximate surface area is 161 Å². The number of likely N-dealkylation sites (N-methyl/N-ethyl adjacent to an activating group) is 1. The monoisotopic (exact) mass is 390 g/mol. The number of carbonyl (C=O) groups is 2. The van der Waals surface area contributed by atoms with Gasteiger partial charge in [-0.05, 0) is 37.5 Å². The van der Waals surface area contributed by atoms with E-state index in [1.54, 1.807) is 18.3 Å². The molecule has 1 heterocycles. The fourth-order valence-corrected chi connectivity index (χ4v) is 3.01. The molecule has 26 heavy (non-hydrogen) atoms. The second-order valence-electron chi connectivity index (χ2n) is 5.25. The van der Waals surface area contributed by atoms with E-state index in [-0.39, 0.29) is 12.5 Å². The molecule has 0 bridgehead atoms. The van der Waals surface area contributed by atoms with E-state index in [0.717, 1.165) is 10.6 Å². The summed E-state index contributed by atoms with van der Waals surface area (Å²) in [7, 11) is 0. The molecule has 1 aromatic carbocycles. The third kappa shape index (κ3) is 5.50. The molecule has 0 aliphatic heterocycles. The molecule has 0 aliphatic rings. The fraction of sp³-hybridized carbons (Fsp3) is 0.222. The minimum Gasteiger partial charge on any atom is -0.355 e. The number of benzene rings is 1. The van der Waals surface area contributed by atoms with Crippen molar-refractivity contribution in [2.45, 2.75) is 13.8 Å². The van der Waals surface area contributed by atoms with Gasteiger partial charge in [0, 0.05) is 28.9 Å². The van der Waals surface area contributed by atoms with Gasteiger partial charge in [0.25, 0.3) is 0 Å². The van der Waals surface area contributed by atoms with Crippen molar-refractivity contribution < 1.29 is 9.59 Å². The van der Waals surface area contributed by atoms with Crippen molar-refractivity contribution in [3.05, 3.63) is 53.5 Å². The normalized spacial score (nSPS) is 11.6. The molecule has 0 saturated heterocycles. The number of halogens is 1. The van der Waals surface area contributed by atoms with Gasteiger partial charge < -0.3 is 10.2 Å². The van der Waals surface area contributed by atoms with Crippen LogP contribution in [0.4, 0.5) is 0 Å². The van der Waals surface area contributed by atoms with Gasteiger partial charge in [-0.1, -0.05) is 35.9 Å². The summed E-state index contributed by atoms with van der Waals surface area (Å²) in [6.07, 6.45) is 5.77. The highest BCUT2D eigenvalue weighted by atomic mass is 35.5. The average molecular weight is 391 g/mol. The molecule has 0 spiro atoms. The van der Waals surface area contributed by atoms with Crippen molar-refractivity contribution in [2.24, 2.45) is 0 Å². The van der Waals surface area contributed by atoms with Crippen molar-refractivity contribution in [1.29, 1.82) is 0 Å². The molecular formula is C18H19ClN4O2S. The first-order valence-electron chi connectivity index (χ1n) is 7.99. The van der Waals surface area contributed by atoms with Crippen LogP contribution in [0, 0.1) is 0 Å². The van der Waals surface area contributed by atoms with Crippen LogP contribution in [0.2, 0.25) is 5.02 Å². The lowest BCUT2D eigenvalue weighted by Gasteiger charge is -2.12. The highest BCUT2D eigenvalue weighted by molar-refractivity contribution is 7.09. The molecule has 0 fully saturated rings. The fourth-order valence-electron chi connectivity index (χ4n) is 2.15. The Morgan fingerprint density at radius 1 is 1.42 bits per heavy atom. The van der Waals surface area contributed by atoms with Gasteiger partial charge in [0.05, 0.1) is 0 Å². The Bertz CT molecular complexity index is 832. The van der Waals surface area contributed by atoms with Gasteiger partial charge in [-0.15, -0.1) is 0 Å². The van der Waals surface area contributed by atoms with Crippen LogP contribution in [0.15, 0.2) is 42.6 Å². The molecule has 1 N–H and O–H groups in total. The van der Waals surface area contributed by atoms with Crippen LogP contribution in [0.1, 0.15) is 19.7 Å². The third-order valence-electron chi connectivity index (χ3n) is 3.24. The molecule has 2 rings (SSSR count). The smallest absolute Gasteiger partial charge is 0.240 e. The lowest BCUT2D eigenvalue weighted by Crippen LogP contribution is -2.33. The summed E-state index contributed by atoms with van der Waals surface area (Å²) < 4.78 is 4.37. The Kier molecular flexibility index (Phi) is 7.50. The summed E-state index contributed by atoms with van der Waals surface area (Å²) in [5, 5.41) is 4.00. The molecule has 0 saturated carbocycles. The molecule has 0 unspecified atom stereocenters. The minimum atomic E-state index is -0.235. The summed E-state index contributed by atoms with van der Waals surface area (Å²) in [6.45, 7) is 4.12. The Hall–Kier alpha value is -2.51. The summed E-state index contributed by atoms with van der Waals surface area (Å²) >= 11 is 7.27. The maximum absolute atomic E-state index is 11.7. The first-order chi connectivity index (χ1) is 12.6. The van der Waals surface area contributed by atoms with E-state index in [9.17, 15) is 9.59 Å². The van der Waals surface area contributed by atoms with Gasteiger partial charge in [0.15, 0.2) is 5.82 Å². The minimum absolute atomic E-state index is 0.0658. The zero-order chi connectivity index (χ0) is 18.9. The van der Waals surface area contributed by atoms with E-state index in [1.807, 2.05) is 38.1 Å².